The maximum atomic E-state index is 13.3. The molecule has 94 valence electrons. The molecule has 0 aromatic heterocycles. The van der Waals surface area contributed by atoms with E-state index >= 15 is 0 Å². The van der Waals surface area contributed by atoms with Crippen molar-refractivity contribution >= 4 is 6.09 Å². The van der Waals surface area contributed by atoms with Gasteiger partial charge >= 0.3 is 6.09 Å². The van der Waals surface area contributed by atoms with Crippen LogP contribution in [-0.4, -0.2) is 51.9 Å². The molecule has 0 aromatic carbocycles. The van der Waals surface area contributed by atoms with Crippen LogP contribution in [0, 0.1) is 0 Å². The normalized spacial score (nSPS) is 25.4. The number of hydrogen-bond acceptors (Lipinski definition) is 4. The summed E-state index contributed by atoms with van der Waals surface area (Å²) < 4.78 is 18.3. The molecule has 2 N–H and O–H groups in total. The van der Waals surface area contributed by atoms with Gasteiger partial charge in [0.1, 0.15) is 5.60 Å². The summed E-state index contributed by atoms with van der Waals surface area (Å²) in [6, 6.07) is 0. The Kier molecular flexibility index (Phi) is 3.44. The number of hydrogen-bond donors (Lipinski definition) is 2. The average molecular weight is 235 g/mol. The van der Waals surface area contributed by atoms with Gasteiger partial charge in [-0.1, -0.05) is 0 Å². The van der Waals surface area contributed by atoms with Gasteiger partial charge in [0.25, 0.3) is 0 Å². The fraction of sp³-hybridized carbons (Fsp3) is 0.900. The van der Waals surface area contributed by atoms with Crippen LogP contribution < -0.4 is 0 Å². The first-order valence-corrected chi connectivity index (χ1v) is 5.18. The lowest BCUT2D eigenvalue weighted by molar-refractivity contribution is -0.226. The Morgan fingerprint density at radius 3 is 2.50 bits per heavy atom. The molecule has 0 aromatic rings. The molecule has 0 saturated carbocycles. The minimum atomic E-state index is -2.33. The third kappa shape index (κ3) is 3.31. The molecular formula is C10H18FNO4. The number of nitrogens with zero attached hydrogens (tertiary/aromatic N) is 1. The molecule has 1 rings (SSSR count). The van der Waals surface area contributed by atoms with Gasteiger partial charge in [-0.25, -0.2) is 9.18 Å². The first-order chi connectivity index (χ1) is 7.12. The summed E-state index contributed by atoms with van der Waals surface area (Å²) in [5.74, 6) is -2.33. The second-order valence-electron chi connectivity index (χ2n) is 5.02. The van der Waals surface area contributed by atoms with Crippen molar-refractivity contribution < 1.29 is 24.1 Å². The standard InChI is InChI=1S/C10H18FNO4/c1-9(2,3)16-8(13)12-5-4-10(14,15)7(11)6-12/h7,14-15H,4-6H2,1-3H3/t7-/m1/s1. The van der Waals surface area contributed by atoms with E-state index in [4.69, 9.17) is 4.74 Å². The topological polar surface area (TPSA) is 70.0 Å². The molecule has 0 aliphatic carbocycles. The minimum absolute atomic E-state index is 0.0718. The average Bonchev–Trinajstić information content (AvgIpc) is 2.06. The van der Waals surface area contributed by atoms with Crippen LogP contribution in [0.5, 0.6) is 0 Å². The highest BCUT2D eigenvalue weighted by atomic mass is 19.1. The van der Waals surface area contributed by atoms with Crippen molar-refractivity contribution in [2.24, 2.45) is 0 Å². The number of aliphatic hydroxyl groups is 2. The second-order valence-corrected chi connectivity index (χ2v) is 5.02. The number of piperidine rings is 1. The number of halogens is 1. The third-order valence-corrected chi connectivity index (χ3v) is 2.28. The zero-order chi connectivity index (χ0) is 12.6. The van der Waals surface area contributed by atoms with Gasteiger partial charge in [-0.3, -0.25) is 0 Å². The zero-order valence-electron chi connectivity index (χ0n) is 9.73. The van der Waals surface area contributed by atoms with Gasteiger partial charge in [0.15, 0.2) is 12.0 Å². The summed E-state index contributed by atoms with van der Waals surface area (Å²) in [6.45, 7) is 4.85. The summed E-state index contributed by atoms with van der Waals surface area (Å²) in [6.07, 6.45) is -2.72. The Hall–Kier alpha value is -0.880. The first-order valence-electron chi connectivity index (χ1n) is 5.18. The van der Waals surface area contributed by atoms with E-state index in [2.05, 4.69) is 0 Å². The monoisotopic (exact) mass is 235 g/mol. The van der Waals surface area contributed by atoms with Crippen LogP contribution in [0.25, 0.3) is 0 Å². The molecule has 1 heterocycles. The molecule has 0 unspecified atom stereocenters. The highest BCUT2D eigenvalue weighted by Crippen LogP contribution is 2.23. The highest BCUT2D eigenvalue weighted by molar-refractivity contribution is 5.68. The fourth-order valence-electron chi connectivity index (χ4n) is 1.38. The summed E-state index contributed by atoms with van der Waals surface area (Å²) in [5.41, 5.74) is -0.643. The molecule has 1 amide bonds. The fourth-order valence-corrected chi connectivity index (χ4v) is 1.38. The van der Waals surface area contributed by atoms with Crippen LogP contribution in [0.4, 0.5) is 9.18 Å². The van der Waals surface area contributed by atoms with Crippen molar-refractivity contribution in [2.75, 3.05) is 13.1 Å². The molecule has 5 nitrogen and oxygen atoms in total. The van der Waals surface area contributed by atoms with Crippen molar-refractivity contribution in [1.29, 1.82) is 0 Å². The molecule has 6 heteroatoms. The Labute approximate surface area is 93.8 Å². The van der Waals surface area contributed by atoms with Crippen molar-refractivity contribution in [3.05, 3.63) is 0 Å². The van der Waals surface area contributed by atoms with Gasteiger partial charge < -0.3 is 19.8 Å². The van der Waals surface area contributed by atoms with Crippen LogP contribution in [0.2, 0.25) is 0 Å². The van der Waals surface area contributed by atoms with E-state index in [1.165, 1.54) is 0 Å². The molecule has 1 fully saturated rings. The smallest absolute Gasteiger partial charge is 0.410 e. The van der Waals surface area contributed by atoms with Crippen LogP contribution in [0.15, 0.2) is 0 Å². The van der Waals surface area contributed by atoms with E-state index in [0.717, 1.165) is 4.90 Å². The SMILES string of the molecule is CC(C)(C)OC(=O)N1CCC(O)(O)[C@H](F)C1. The largest absolute Gasteiger partial charge is 0.444 e. The van der Waals surface area contributed by atoms with Gasteiger partial charge in [0, 0.05) is 13.0 Å². The summed E-state index contributed by atoms with van der Waals surface area (Å²) in [5, 5.41) is 18.4. The van der Waals surface area contributed by atoms with E-state index in [1.54, 1.807) is 20.8 Å². The predicted octanol–water partition coefficient (Wildman–Crippen LogP) is 0.646. The van der Waals surface area contributed by atoms with E-state index in [0.29, 0.717) is 0 Å². The lowest BCUT2D eigenvalue weighted by Gasteiger charge is -2.37. The Bertz CT molecular complexity index is 274. The quantitative estimate of drug-likeness (QED) is 0.605. The Balaban J connectivity index is 2.55. The van der Waals surface area contributed by atoms with E-state index < -0.39 is 23.7 Å². The lowest BCUT2D eigenvalue weighted by Crippen LogP contribution is -2.55. The van der Waals surface area contributed by atoms with E-state index in [1.807, 2.05) is 0 Å². The summed E-state index contributed by atoms with van der Waals surface area (Å²) in [4.78, 5) is 12.7. The number of carbonyl (C=O) groups excluding carboxylic acids is 1. The van der Waals surface area contributed by atoms with Crippen LogP contribution in [0.1, 0.15) is 27.2 Å². The molecule has 0 radical (unpaired) electrons. The minimum Gasteiger partial charge on any atom is -0.444 e. The van der Waals surface area contributed by atoms with Crippen molar-refractivity contribution in [3.63, 3.8) is 0 Å². The van der Waals surface area contributed by atoms with Crippen molar-refractivity contribution in [1.82, 2.24) is 4.90 Å². The lowest BCUT2D eigenvalue weighted by atomic mass is 10.0. The number of ether oxygens (including phenoxy) is 1. The van der Waals surface area contributed by atoms with Crippen LogP contribution >= 0.6 is 0 Å². The number of alkyl halides is 1. The Morgan fingerprint density at radius 2 is 2.06 bits per heavy atom. The van der Waals surface area contributed by atoms with Gasteiger partial charge in [-0.2, -0.15) is 0 Å². The number of amides is 1. The predicted molar refractivity (Wildman–Crippen MR) is 54.5 cm³/mol. The molecule has 16 heavy (non-hydrogen) atoms. The molecule has 1 aliphatic rings. The van der Waals surface area contributed by atoms with Crippen molar-refractivity contribution in [2.45, 2.75) is 44.8 Å². The number of carbonyl (C=O) groups is 1. The molecule has 0 bridgehead atoms. The van der Waals surface area contributed by atoms with Crippen LogP contribution in [-0.2, 0) is 4.74 Å². The first kappa shape index (κ1) is 13.2. The maximum absolute atomic E-state index is 13.3. The zero-order valence-corrected chi connectivity index (χ0v) is 9.73. The van der Waals surface area contributed by atoms with E-state index in [-0.39, 0.29) is 19.5 Å². The van der Waals surface area contributed by atoms with Crippen molar-refractivity contribution in [3.8, 4) is 0 Å². The number of rotatable bonds is 0. The molecular weight excluding hydrogens is 217 g/mol. The molecule has 1 saturated heterocycles. The highest BCUT2D eigenvalue weighted by Gasteiger charge is 2.42. The number of likely N-dealkylation sites (tertiary alicyclic amines) is 1. The molecule has 1 atom stereocenters. The second kappa shape index (κ2) is 4.18. The summed E-state index contributed by atoms with van der Waals surface area (Å²) in [7, 11) is 0. The van der Waals surface area contributed by atoms with Gasteiger partial charge in [0.2, 0.25) is 0 Å². The molecule has 1 aliphatic heterocycles. The van der Waals surface area contributed by atoms with Gasteiger partial charge in [0.05, 0.1) is 6.54 Å². The third-order valence-electron chi connectivity index (χ3n) is 2.28. The van der Waals surface area contributed by atoms with Gasteiger partial charge in [-0.15, -0.1) is 0 Å². The van der Waals surface area contributed by atoms with Crippen LogP contribution in [0.3, 0.4) is 0 Å². The van der Waals surface area contributed by atoms with Gasteiger partial charge in [-0.05, 0) is 20.8 Å². The Morgan fingerprint density at radius 1 is 1.50 bits per heavy atom. The summed E-state index contributed by atoms with van der Waals surface area (Å²) >= 11 is 0. The van der Waals surface area contributed by atoms with E-state index in [9.17, 15) is 19.4 Å². The molecule has 0 spiro atoms. The maximum Gasteiger partial charge on any atom is 0.410 e.